The van der Waals surface area contributed by atoms with E-state index in [0.717, 1.165) is 5.25 Å². The van der Waals surface area contributed by atoms with E-state index in [9.17, 15) is 0 Å². The fourth-order valence-corrected chi connectivity index (χ4v) is 2.64. The second-order valence-electron chi connectivity index (χ2n) is 3.89. The first kappa shape index (κ1) is 10.1. The van der Waals surface area contributed by atoms with Gasteiger partial charge in [0.1, 0.15) is 0 Å². The lowest BCUT2D eigenvalue weighted by atomic mass is 10.1. The molecule has 76 valence electrons. The van der Waals surface area contributed by atoms with E-state index in [1.54, 1.807) is 0 Å². The fraction of sp³-hybridized carbons (Fsp3) is 0.500. The maximum atomic E-state index is 3.30. The van der Waals surface area contributed by atoms with Gasteiger partial charge in [0.15, 0.2) is 0 Å². The number of hydrogen-bond donors (Lipinski definition) is 1. The molecule has 0 bridgehead atoms. The van der Waals surface area contributed by atoms with Gasteiger partial charge in [0.25, 0.3) is 0 Å². The zero-order valence-corrected chi connectivity index (χ0v) is 9.44. The Bertz CT molecular complexity index is 277. The van der Waals surface area contributed by atoms with Crippen molar-refractivity contribution in [2.24, 2.45) is 0 Å². The van der Waals surface area contributed by atoms with Crippen LogP contribution in [-0.4, -0.2) is 24.1 Å². The highest BCUT2D eigenvalue weighted by Gasteiger charge is 2.15. The summed E-state index contributed by atoms with van der Waals surface area (Å²) in [6, 6.07) is 8.89. The third-order valence-electron chi connectivity index (χ3n) is 2.61. The molecule has 1 aromatic carbocycles. The van der Waals surface area contributed by atoms with Crippen molar-refractivity contribution in [1.29, 1.82) is 0 Å². The highest BCUT2D eigenvalue weighted by Crippen LogP contribution is 2.16. The number of nitrogens with one attached hydrogen (secondary N) is 1. The molecule has 1 nitrogen and oxygen atoms in total. The van der Waals surface area contributed by atoms with Crippen LogP contribution in [0.3, 0.4) is 0 Å². The van der Waals surface area contributed by atoms with Crippen LogP contribution in [0, 0.1) is 6.92 Å². The summed E-state index contributed by atoms with van der Waals surface area (Å²) < 4.78 is 0. The largest absolute Gasteiger partial charge is 0.314 e. The lowest BCUT2D eigenvalue weighted by molar-refractivity contribution is 0.543. The highest BCUT2D eigenvalue weighted by molar-refractivity contribution is 8.00. The summed E-state index contributed by atoms with van der Waals surface area (Å²) in [7, 11) is 0. The van der Waals surface area contributed by atoms with Gasteiger partial charge in [0.2, 0.25) is 0 Å². The van der Waals surface area contributed by atoms with Gasteiger partial charge in [0.05, 0.1) is 0 Å². The van der Waals surface area contributed by atoms with Crippen molar-refractivity contribution in [2.75, 3.05) is 18.8 Å². The van der Waals surface area contributed by atoms with E-state index >= 15 is 0 Å². The minimum Gasteiger partial charge on any atom is -0.314 e. The number of rotatable bonds is 4. The first-order valence-electron chi connectivity index (χ1n) is 5.22. The van der Waals surface area contributed by atoms with E-state index in [2.05, 4.69) is 48.3 Å². The second-order valence-corrected chi connectivity index (χ2v) is 5.29. The molecule has 2 heteroatoms. The Morgan fingerprint density at radius 1 is 1.29 bits per heavy atom. The van der Waals surface area contributed by atoms with Crippen molar-refractivity contribution < 1.29 is 0 Å². The van der Waals surface area contributed by atoms with Crippen LogP contribution in [0.5, 0.6) is 0 Å². The molecule has 0 atom stereocenters. The van der Waals surface area contributed by atoms with Crippen LogP contribution in [0.1, 0.15) is 11.1 Å². The van der Waals surface area contributed by atoms with Gasteiger partial charge in [-0.05, 0) is 24.7 Å². The normalized spacial score (nSPS) is 16.6. The third kappa shape index (κ3) is 2.76. The van der Waals surface area contributed by atoms with Gasteiger partial charge in [-0.25, -0.2) is 0 Å². The van der Waals surface area contributed by atoms with Crippen LogP contribution in [0.25, 0.3) is 0 Å². The van der Waals surface area contributed by atoms with E-state index in [-0.39, 0.29) is 0 Å². The molecule has 0 radical (unpaired) electrons. The van der Waals surface area contributed by atoms with E-state index in [1.165, 1.54) is 36.4 Å². The molecule has 0 saturated carbocycles. The summed E-state index contributed by atoms with van der Waals surface area (Å²) >= 11 is 2.10. The van der Waals surface area contributed by atoms with Gasteiger partial charge in [0, 0.05) is 18.3 Å². The molecule has 1 saturated heterocycles. The van der Waals surface area contributed by atoms with Crippen LogP contribution >= 0.6 is 11.8 Å². The Balaban J connectivity index is 1.71. The SMILES string of the molecule is Cc1ccc(CCSC2CNC2)cc1. The van der Waals surface area contributed by atoms with Crippen molar-refractivity contribution in [3.63, 3.8) is 0 Å². The smallest absolute Gasteiger partial charge is 0.0297 e. The fourth-order valence-electron chi connectivity index (χ4n) is 1.48. The van der Waals surface area contributed by atoms with Gasteiger partial charge >= 0.3 is 0 Å². The van der Waals surface area contributed by atoms with Crippen LogP contribution in [0.15, 0.2) is 24.3 Å². The van der Waals surface area contributed by atoms with Crippen molar-refractivity contribution in [1.82, 2.24) is 5.32 Å². The van der Waals surface area contributed by atoms with Gasteiger partial charge in [-0.1, -0.05) is 29.8 Å². The zero-order chi connectivity index (χ0) is 9.80. The second kappa shape index (κ2) is 4.85. The van der Waals surface area contributed by atoms with Gasteiger partial charge in [-0.15, -0.1) is 0 Å². The lowest BCUT2D eigenvalue weighted by Crippen LogP contribution is -2.44. The van der Waals surface area contributed by atoms with E-state index in [1.807, 2.05) is 0 Å². The average Bonchev–Trinajstić information content (AvgIpc) is 2.12. The third-order valence-corrected chi connectivity index (χ3v) is 3.85. The molecule has 0 amide bonds. The summed E-state index contributed by atoms with van der Waals surface area (Å²) in [6.07, 6.45) is 1.21. The van der Waals surface area contributed by atoms with Crippen LogP contribution in [0.2, 0.25) is 0 Å². The molecular weight excluding hydrogens is 190 g/mol. The van der Waals surface area contributed by atoms with Crippen LogP contribution in [-0.2, 0) is 6.42 Å². The maximum Gasteiger partial charge on any atom is 0.0297 e. The Hall–Kier alpha value is -0.470. The summed E-state index contributed by atoms with van der Waals surface area (Å²) in [4.78, 5) is 0. The molecule has 1 aliphatic heterocycles. The number of hydrogen-bond acceptors (Lipinski definition) is 2. The lowest BCUT2D eigenvalue weighted by Gasteiger charge is -2.26. The predicted octanol–water partition coefficient (Wildman–Crippen LogP) is 2.24. The zero-order valence-electron chi connectivity index (χ0n) is 8.62. The average molecular weight is 207 g/mol. The first-order chi connectivity index (χ1) is 6.84. The summed E-state index contributed by atoms with van der Waals surface area (Å²) in [5, 5.41) is 4.17. The summed E-state index contributed by atoms with van der Waals surface area (Å²) in [5.74, 6) is 1.26. The molecule has 1 fully saturated rings. The van der Waals surface area contributed by atoms with Crippen LogP contribution in [0.4, 0.5) is 0 Å². The Kier molecular flexibility index (Phi) is 3.49. The molecule has 2 rings (SSSR count). The monoisotopic (exact) mass is 207 g/mol. The summed E-state index contributed by atoms with van der Waals surface area (Å²) in [5.41, 5.74) is 2.82. The standard InChI is InChI=1S/C12H17NS/c1-10-2-4-11(5-3-10)6-7-14-12-8-13-9-12/h2-5,12-13H,6-9H2,1H3. The predicted molar refractivity (Wildman–Crippen MR) is 64.0 cm³/mol. The van der Waals surface area contributed by atoms with Gasteiger partial charge < -0.3 is 5.32 Å². The maximum absolute atomic E-state index is 3.30. The molecule has 14 heavy (non-hydrogen) atoms. The molecule has 1 aromatic rings. The van der Waals surface area contributed by atoms with E-state index in [0.29, 0.717) is 0 Å². The van der Waals surface area contributed by atoms with Crippen LogP contribution < -0.4 is 5.32 Å². The quantitative estimate of drug-likeness (QED) is 0.812. The number of thioether (sulfide) groups is 1. The number of benzene rings is 1. The Morgan fingerprint density at radius 2 is 2.00 bits per heavy atom. The summed E-state index contributed by atoms with van der Waals surface area (Å²) in [6.45, 7) is 4.55. The minimum atomic E-state index is 0.875. The Morgan fingerprint density at radius 3 is 2.57 bits per heavy atom. The highest BCUT2D eigenvalue weighted by atomic mass is 32.2. The van der Waals surface area contributed by atoms with E-state index < -0.39 is 0 Å². The molecule has 0 unspecified atom stereocenters. The molecular formula is C12H17NS. The van der Waals surface area contributed by atoms with Crippen molar-refractivity contribution in [3.8, 4) is 0 Å². The topological polar surface area (TPSA) is 12.0 Å². The van der Waals surface area contributed by atoms with Gasteiger partial charge in [-0.2, -0.15) is 11.8 Å². The molecule has 0 aromatic heterocycles. The van der Waals surface area contributed by atoms with Crippen molar-refractivity contribution in [2.45, 2.75) is 18.6 Å². The molecule has 0 spiro atoms. The van der Waals surface area contributed by atoms with Gasteiger partial charge in [-0.3, -0.25) is 0 Å². The molecule has 0 aliphatic carbocycles. The number of aryl methyl sites for hydroxylation is 2. The minimum absolute atomic E-state index is 0.875. The first-order valence-corrected chi connectivity index (χ1v) is 6.27. The van der Waals surface area contributed by atoms with Crippen molar-refractivity contribution >= 4 is 11.8 Å². The Labute approximate surface area is 90.3 Å². The molecule has 1 N–H and O–H groups in total. The van der Waals surface area contributed by atoms with E-state index in [4.69, 9.17) is 0 Å². The molecule has 1 heterocycles. The van der Waals surface area contributed by atoms with Crippen molar-refractivity contribution in [3.05, 3.63) is 35.4 Å². The molecule has 1 aliphatic rings.